The number of fused-ring (bicyclic) bond motifs is 5. The van der Waals surface area contributed by atoms with E-state index in [4.69, 9.17) is 0 Å². The SMILES string of the molecule is C=C1C=C2CCCCC2(C)C2CCC3(C)C(CCC3(C)CCCC)C12. The smallest absolute Gasteiger partial charge is 0.00790 e. The summed E-state index contributed by atoms with van der Waals surface area (Å²) in [7, 11) is 0. The maximum absolute atomic E-state index is 4.65. The highest BCUT2D eigenvalue weighted by Crippen LogP contribution is 2.71. The summed E-state index contributed by atoms with van der Waals surface area (Å²) in [5.74, 6) is 2.54. The fourth-order valence-electron chi connectivity index (χ4n) is 7.95. The lowest BCUT2D eigenvalue weighted by Gasteiger charge is -2.59. The lowest BCUT2D eigenvalue weighted by atomic mass is 9.45. The Morgan fingerprint density at radius 1 is 1.04 bits per heavy atom. The molecule has 0 heterocycles. The van der Waals surface area contributed by atoms with Crippen LogP contribution in [0.4, 0.5) is 0 Å². The summed E-state index contributed by atoms with van der Waals surface area (Å²) in [4.78, 5) is 0. The van der Waals surface area contributed by atoms with Crippen LogP contribution in [-0.2, 0) is 0 Å². The largest absolute Gasteiger partial charge is 0.0955 e. The van der Waals surface area contributed by atoms with Crippen molar-refractivity contribution in [2.75, 3.05) is 0 Å². The lowest BCUT2D eigenvalue weighted by Crippen LogP contribution is -2.51. The molecule has 0 nitrogen and oxygen atoms in total. The second kappa shape index (κ2) is 6.00. The van der Waals surface area contributed by atoms with Gasteiger partial charge in [0.1, 0.15) is 0 Å². The molecular formula is C25H40. The molecule has 0 amide bonds. The minimum atomic E-state index is 0.494. The molecule has 0 radical (unpaired) electrons. The topological polar surface area (TPSA) is 0 Å². The fraction of sp³-hybridized carbons (Fsp3) is 0.840. The Labute approximate surface area is 156 Å². The summed E-state index contributed by atoms with van der Waals surface area (Å²) in [6, 6.07) is 0. The third kappa shape index (κ3) is 2.38. The maximum Gasteiger partial charge on any atom is -0.00790 e. The standard InChI is InChI=1S/C25H40/c1-6-7-13-23(3)15-11-21-22-18(2)17-19-10-8-9-14-24(19,4)20(22)12-16-25(21,23)5/h17,20-22H,2,6-16H2,1,3-5H3. The van der Waals surface area contributed by atoms with E-state index in [0.717, 1.165) is 17.8 Å². The molecule has 0 spiro atoms. The Bertz CT molecular complexity index is 583. The molecule has 25 heavy (non-hydrogen) atoms. The highest BCUT2D eigenvalue weighted by molar-refractivity contribution is 5.37. The zero-order valence-electron chi connectivity index (χ0n) is 17.3. The fourth-order valence-corrected chi connectivity index (χ4v) is 7.95. The average Bonchev–Trinajstić information content (AvgIpc) is 2.85. The summed E-state index contributed by atoms with van der Waals surface area (Å²) < 4.78 is 0. The van der Waals surface area contributed by atoms with Gasteiger partial charge < -0.3 is 0 Å². The molecular weight excluding hydrogens is 300 g/mol. The first-order valence-corrected chi connectivity index (χ1v) is 11.3. The van der Waals surface area contributed by atoms with Crippen molar-refractivity contribution in [2.24, 2.45) is 34.0 Å². The Hall–Kier alpha value is -0.520. The predicted octanol–water partition coefficient (Wildman–Crippen LogP) is 7.70. The molecule has 3 saturated carbocycles. The van der Waals surface area contributed by atoms with Gasteiger partial charge in [-0.1, -0.05) is 70.8 Å². The van der Waals surface area contributed by atoms with Crippen molar-refractivity contribution >= 4 is 0 Å². The molecule has 0 aromatic rings. The Kier molecular flexibility index (Phi) is 4.29. The van der Waals surface area contributed by atoms with E-state index in [1.807, 2.05) is 0 Å². The molecule has 4 aliphatic rings. The zero-order chi connectivity index (χ0) is 17.9. The quantitative estimate of drug-likeness (QED) is 0.493. The Morgan fingerprint density at radius 2 is 1.80 bits per heavy atom. The van der Waals surface area contributed by atoms with E-state index >= 15 is 0 Å². The van der Waals surface area contributed by atoms with Crippen molar-refractivity contribution in [3.05, 3.63) is 23.8 Å². The number of rotatable bonds is 3. The van der Waals surface area contributed by atoms with E-state index in [2.05, 4.69) is 40.3 Å². The first kappa shape index (κ1) is 17.9. The van der Waals surface area contributed by atoms with Crippen LogP contribution in [0, 0.1) is 34.0 Å². The van der Waals surface area contributed by atoms with Crippen molar-refractivity contribution in [1.82, 2.24) is 0 Å². The van der Waals surface area contributed by atoms with Crippen LogP contribution in [0.5, 0.6) is 0 Å². The van der Waals surface area contributed by atoms with Gasteiger partial charge in [0, 0.05) is 0 Å². The van der Waals surface area contributed by atoms with E-state index in [0.29, 0.717) is 16.2 Å². The number of hydrogen-bond acceptors (Lipinski definition) is 0. The van der Waals surface area contributed by atoms with Crippen molar-refractivity contribution < 1.29 is 0 Å². The molecule has 140 valence electrons. The summed E-state index contributed by atoms with van der Waals surface area (Å²) in [6.45, 7) is 14.9. The summed E-state index contributed by atoms with van der Waals surface area (Å²) in [6.07, 6.45) is 18.2. The predicted molar refractivity (Wildman–Crippen MR) is 108 cm³/mol. The molecule has 0 aromatic heterocycles. The number of unbranched alkanes of at least 4 members (excludes halogenated alkanes) is 1. The van der Waals surface area contributed by atoms with Crippen molar-refractivity contribution in [1.29, 1.82) is 0 Å². The van der Waals surface area contributed by atoms with Crippen molar-refractivity contribution in [3.63, 3.8) is 0 Å². The van der Waals surface area contributed by atoms with Gasteiger partial charge in [0.25, 0.3) is 0 Å². The minimum absolute atomic E-state index is 0.494. The summed E-state index contributed by atoms with van der Waals surface area (Å²) in [5.41, 5.74) is 4.88. The van der Waals surface area contributed by atoms with E-state index < -0.39 is 0 Å². The molecule has 0 bridgehead atoms. The van der Waals surface area contributed by atoms with E-state index in [-0.39, 0.29) is 0 Å². The van der Waals surface area contributed by atoms with Gasteiger partial charge in [-0.15, -0.1) is 0 Å². The average molecular weight is 341 g/mol. The first-order valence-electron chi connectivity index (χ1n) is 11.3. The van der Waals surface area contributed by atoms with Gasteiger partial charge in [-0.05, 0) is 85.4 Å². The molecule has 0 aromatic carbocycles. The molecule has 0 saturated heterocycles. The molecule has 4 rings (SSSR count). The van der Waals surface area contributed by atoms with E-state index in [1.54, 1.807) is 5.57 Å². The van der Waals surface area contributed by atoms with Crippen molar-refractivity contribution in [3.8, 4) is 0 Å². The Balaban J connectivity index is 1.69. The Morgan fingerprint density at radius 3 is 2.56 bits per heavy atom. The highest BCUT2D eigenvalue weighted by Gasteiger charge is 2.62. The molecule has 3 fully saturated rings. The third-order valence-electron chi connectivity index (χ3n) is 9.86. The van der Waals surface area contributed by atoms with Crippen molar-refractivity contribution in [2.45, 2.75) is 98.3 Å². The van der Waals surface area contributed by atoms with Crippen LogP contribution in [-0.4, -0.2) is 0 Å². The number of hydrogen-bond donors (Lipinski definition) is 0. The van der Waals surface area contributed by atoms with Crippen LogP contribution in [0.1, 0.15) is 98.3 Å². The molecule has 0 heteroatoms. The van der Waals surface area contributed by atoms with Gasteiger partial charge in [-0.2, -0.15) is 0 Å². The molecule has 4 aliphatic carbocycles. The third-order valence-corrected chi connectivity index (χ3v) is 9.86. The normalized spacial score (nSPS) is 49.2. The van der Waals surface area contributed by atoms with Crippen LogP contribution in [0.2, 0.25) is 0 Å². The minimum Gasteiger partial charge on any atom is -0.0955 e. The van der Waals surface area contributed by atoms with E-state index in [1.165, 1.54) is 76.2 Å². The van der Waals surface area contributed by atoms with E-state index in [9.17, 15) is 0 Å². The molecule has 0 aliphatic heterocycles. The lowest BCUT2D eigenvalue weighted by molar-refractivity contribution is -0.0558. The zero-order valence-corrected chi connectivity index (χ0v) is 17.3. The van der Waals surface area contributed by atoms with Crippen LogP contribution >= 0.6 is 0 Å². The summed E-state index contributed by atoms with van der Waals surface area (Å²) in [5, 5.41) is 0. The monoisotopic (exact) mass is 340 g/mol. The highest BCUT2D eigenvalue weighted by atomic mass is 14.7. The second-order valence-corrected chi connectivity index (χ2v) is 10.8. The van der Waals surface area contributed by atoms with Gasteiger partial charge in [0.15, 0.2) is 0 Å². The molecule has 6 unspecified atom stereocenters. The summed E-state index contributed by atoms with van der Waals surface area (Å²) >= 11 is 0. The first-order chi connectivity index (χ1) is 11.9. The molecule has 0 N–H and O–H groups in total. The van der Waals surface area contributed by atoms with Gasteiger partial charge >= 0.3 is 0 Å². The van der Waals surface area contributed by atoms with Gasteiger partial charge in [0.2, 0.25) is 0 Å². The van der Waals surface area contributed by atoms with Crippen LogP contribution < -0.4 is 0 Å². The molecule has 6 atom stereocenters. The van der Waals surface area contributed by atoms with Gasteiger partial charge in [0.05, 0.1) is 0 Å². The van der Waals surface area contributed by atoms with Gasteiger partial charge in [-0.3, -0.25) is 0 Å². The maximum atomic E-state index is 4.65. The van der Waals surface area contributed by atoms with Crippen LogP contribution in [0.3, 0.4) is 0 Å². The van der Waals surface area contributed by atoms with Gasteiger partial charge in [-0.25, -0.2) is 0 Å². The van der Waals surface area contributed by atoms with Crippen LogP contribution in [0.15, 0.2) is 23.8 Å². The number of allylic oxidation sites excluding steroid dienone is 3. The van der Waals surface area contributed by atoms with Crippen LogP contribution in [0.25, 0.3) is 0 Å². The second-order valence-electron chi connectivity index (χ2n) is 10.8.